The Balaban J connectivity index is 1.76. The van der Waals surface area contributed by atoms with E-state index in [4.69, 9.17) is 4.52 Å². The molecule has 1 amide bonds. The highest BCUT2D eigenvalue weighted by Gasteiger charge is 2.17. The lowest BCUT2D eigenvalue weighted by molar-refractivity contribution is 0.102. The first-order chi connectivity index (χ1) is 12.5. The first-order valence-electron chi connectivity index (χ1n) is 7.82. The van der Waals surface area contributed by atoms with Crippen LogP contribution in [-0.2, 0) is 5.75 Å². The molecule has 1 N–H and O–H groups in total. The Hall–Kier alpha value is -1.84. The van der Waals surface area contributed by atoms with Gasteiger partial charge in [0.05, 0.1) is 21.2 Å². The van der Waals surface area contributed by atoms with Crippen LogP contribution in [-0.4, -0.2) is 27.3 Å². The summed E-state index contributed by atoms with van der Waals surface area (Å²) in [6.07, 6.45) is 3.68. The highest BCUT2D eigenvalue weighted by atomic mass is 32.2. The highest BCUT2D eigenvalue weighted by molar-refractivity contribution is 8.00. The van der Waals surface area contributed by atoms with Crippen LogP contribution in [0.15, 0.2) is 32.1 Å². The molecule has 0 aliphatic heterocycles. The van der Waals surface area contributed by atoms with Crippen LogP contribution in [0.5, 0.6) is 0 Å². The molecule has 0 saturated carbocycles. The van der Waals surface area contributed by atoms with Crippen molar-refractivity contribution < 1.29 is 9.32 Å². The van der Waals surface area contributed by atoms with E-state index < -0.39 is 0 Å². The normalized spacial score (nSPS) is 10.9. The molecule has 0 aliphatic carbocycles. The molecule has 0 spiro atoms. The first-order valence-corrected chi connectivity index (χ1v) is 10.8. The van der Waals surface area contributed by atoms with E-state index in [9.17, 15) is 4.79 Å². The lowest BCUT2D eigenvalue weighted by atomic mass is 10.2. The van der Waals surface area contributed by atoms with E-state index in [2.05, 4.69) is 20.4 Å². The molecule has 0 atom stereocenters. The van der Waals surface area contributed by atoms with Crippen molar-refractivity contribution >= 4 is 45.9 Å². The highest BCUT2D eigenvalue weighted by Crippen LogP contribution is 2.31. The lowest BCUT2D eigenvalue weighted by Gasteiger charge is -2.07. The SMILES string of the molecule is CSc1sc(NC(=O)c2cccnc2SCc2c(C)noc2C)nc1C. The van der Waals surface area contributed by atoms with Gasteiger partial charge >= 0.3 is 0 Å². The Labute approximate surface area is 164 Å². The molecule has 6 nitrogen and oxygen atoms in total. The minimum Gasteiger partial charge on any atom is -0.361 e. The number of aromatic nitrogens is 3. The van der Waals surface area contributed by atoms with E-state index >= 15 is 0 Å². The van der Waals surface area contributed by atoms with Crippen molar-refractivity contribution in [2.45, 2.75) is 35.8 Å². The van der Waals surface area contributed by atoms with Gasteiger partial charge in [-0.25, -0.2) is 9.97 Å². The molecule has 3 aromatic rings. The molecular weight excluding hydrogens is 388 g/mol. The summed E-state index contributed by atoms with van der Waals surface area (Å²) >= 11 is 4.59. The van der Waals surface area contributed by atoms with E-state index in [0.717, 1.165) is 26.9 Å². The van der Waals surface area contributed by atoms with E-state index in [1.54, 1.807) is 30.1 Å². The van der Waals surface area contributed by atoms with E-state index in [0.29, 0.717) is 21.5 Å². The lowest BCUT2D eigenvalue weighted by Crippen LogP contribution is -2.13. The zero-order valence-corrected chi connectivity index (χ0v) is 17.3. The molecule has 26 heavy (non-hydrogen) atoms. The number of nitrogens with zero attached hydrogens (tertiary/aromatic N) is 3. The van der Waals surface area contributed by atoms with Crippen molar-refractivity contribution in [1.29, 1.82) is 0 Å². The fourth-order valence-electron chi connectivity index (χ4n) is 2.32. The van der Waals surface area contributed by atoms with Gasteiger partial charge in [-0.2, -0.15) is 0 Å². The van der Waals surface area contributed by atoms with Crippen molar-refractivity contribution in [3.05, 3.63) is 46.6 Å². The molecule has 0 bridgehead atoms. The topological polar surface area (TPSA) is 80.9 Å². The summed E-state index contributed by atoms with van der Waals surface area (Å²) in [7, 11) is 0. The zero-order chi connectivity index (χ0) is 18.7. The van der Waals surface area contributed by atoms with Crippen LogP contribution in [0.2, 0.25) is 0 Å². The number of carbonyl (C=O) groups is 1. The number of anilines is 1. The summed E-state index contributed by atoms with van der Waals surface area (Å²) in [5.41, 5.74) is 3.35. The van der Waals surface area contributed by atoms with Gasteiger partial charge in [0.1, 0.15) is 10.8 Å². The molecular formula is C17H18N4O2S3. The van der Waals surface area contributed by atoms with Gasteiger partial charge in [0, 0.05) is 17.5 Å². The van der Waals surface area contributed by atoms with Gasteiger partial charge in [-0.15, -0.1) is 23.5 Å². The van der Waals surface area contributed by atoms with Crippen LogP contribution < -0.4 is 5.32 Å². The summed E-state index contributed by atoms with van der Waals surface area (Å²) in [6.45, 7) is 5.73. The van der Waals surface area contributed by atoms with E-state index in [1.807, 2.05) is 27.0 Å². The predicted octanol–water partition coefficient (Wildman–Crippen LogP) is 4.72. The second-order valence-corrected chi connectivity index (χ2v) is 8.54. The Bertz CT molecular complexity index is 916. The van der Waals surface area contributed by atoms with Crippen LogP contribution in [0.4, 0.5) is 5.13 Å². The van der Waals surface area contributed by atoms with Gasteiger partial charge in [0.2, 0.25) is 0 Å². The van der Waals surface area contributed by atoms with Crippen molar-refractivity contribution in [1.82, 2.24) is 15.1 Å². The second-order valence-electron chi connectivity index (χ2n) is 5.50. The Morgan fingerprint density at radius 2 is 2.12 bits per heavy atom. The maximum absolute atomic E-state index is 12.7. The van der Waals surface area contributed by atoms with E-state index in [-0.39, 0.29) is 5.91 Å². The summed E-state index contributed by atoms with van der Waals surface area (Å²) in [5.74, 6) is 1.23. The number of thiazole rings is 1. The summed E-state index contributed by atoms with van der Waals surface area (Å²) in [6, 6.07) is 3.53. The van der Waals surface area contributed by atoms with Gasteiger partial charge in [-0.3, -0.25) is 10.1 Å². The third kappa shape index (κ3) is 4.11. The number of hydrogen-bond acceptors (Lipinski definition) is 8. The van der Waals surface area contributed by atoms with Crippen LogP contribution in [0.1, 0.15) is 33.1 Å². The largest absolute Gasteiger partial charge is 0.361 e. The smallest absolute Gasteiger partial charge is 0.260 e. The van der Waals surface area contributed by atoms with Gasteiger partial charge < -0.3 is 4.52 Å². The zero-order valence-electron chi connectivity index (χ0n) is 14.8. The van der Waals surface area contributed by atoms with Crippen molar-refractivity contribution in [2.24, 2.45) is 0 Å². The first kappa shape index (κ1) is 18.9. The molecule has 0 aromatic carbocycles. The van der Waals surface area contributed by atoms with E-state index in [1.165, 1.54) is 23.1 Å². The van der Waals surface area contributed by atoms with Crippen molar-refractivity contribution in [3.63, 3.8) is 0 Å². The summed E-state index contributed by atoms with van der Waals surface area (Å²) in [5, 5.41) is 8.11. The molecule has 3 heterocycles. The Morgan fingerprint density at radius 3 is 2.77 bits per heavy atom. The van der Waals surface area contributed by atoms with Crippen LogP contribution in [0.3, 0.4) is 0 Å². The number of rotatable bonds is 6. The quantitative estimate of drug-likeness (QED) is 0.593. The third-order valence-corrected chi connectivity index (χ3v) is 7.03. The van der Waals surface area contributed by atoms with Gasteiger partial charge in [-0.05, 0) is 39.2 Å². The molecule has 0 aliphatic rings. The maximum atomic E-state index is 12.7. The third-order valence-electron chi connectivity index (χ3n) is 3.71. The molecule has 0 fully saturated rings. The van der Waals surface area contributed by atoms with Gasteiger partial charge in [0.25, 0.3) is 5.91 Å². The molecule has 3 rings (SSSR count). The predicted molar refractivity (Wildman–Crippen MR) is 106 cm³/mol. The fourth-order valence-corrected chi connectivity index (χ4v) is 5.07. The standard InChI is InChI=1S/C17H18N4O2S3/c1-9-13(11(3)23-21-9)8-25-15-12(6-5-7-18-15)14(22)20-17-19-10(2)16(24-4)26-17/h5-7H,8H2,1-4H3,(H,19,20,22). The van der Waals surface area contributed by atoms with Crippen LogP contribution in [0.25, 0.3) is 0 Å². The minimum absolute atomic E-state index is 0.208. The Kier molecular flexibility index (Phi) is 6.00. The number of pyridine rings is 1. The average molecular weight is 407 g/mol. The number of amides is 1. The fraction of sp³-hybridized carbons (Fsp3) is 0.294. The average Bonchev–Trinajstić information content (AvgIpc) is 3.14. The Morgan fingerprint density at radius 1 is 1.31 bits per heavy atom. The van der Waals surface area contributed by atoms with Crippen molar-refractivity contribution in [2.75, 3.05) is 11.6 Å². The van der Waals surface area contributed by atoms with Gasteiger partial charge in [0.15, 0.2) is 5.13 Å². The number of carbonyl (C=O) groups excluding carboxylic acids is 1. The summed E-state index contributed by atoms with van der Waals surface area (Å²) < 4.78 is 6.29. The number of thioether (sulfide) groups is 2. The number of nitrogens with one attached hydrogen (secondary N) is 1. The molecule has 0 unspecified atom stereocenters. The van der Waals surface area contributed by atoms with Crippen LogP contribution >= 0.6 is 34.9 Å². The minimum atomic E-state index is -0.208. The van der Waals surface area contributed by atoms with Crippen LogP contribution in [0, 0.1) is 20.8 Å². The molecule has 136 valence electrons. The van der Waals surface area contributed by atoms with Crippen molar-refractivity contribution in [3.8, 4) is 0 Å². The summed E-state index contributed by atoms with van der Waals surface area (Å²) in [4.78, 5) is 21.5. The number of aryl methyl sites for hydroxylation is 3. The number of hydrogen-bond donors (Lipinski definition) is 1. The second kappa shape index (κ2) is 8.24. The van der Waals surface area contributed by atoms with Gasteiger partial charge in [-0.1, -0.05) is 16.5 Å². The maximum Gasteiger partial charge on any atom is 0.260 e. The monoisotopic (exact) mass is 406 g/mol. The molecule has 9 heteroatoms. The molecule has 0 saturated heterocycles. The molecule has 3 aromatic heterocycles. The molecule has 0 radical (unpaired) electrons.